The third-order valence-electron chi connectivity index (χ3n) is 3.89. The molecule has 0 spiro atoms. The predicted molar refractivity (Wildman–Crippen MR) is 106 cm³/mol. The van der Waals surface area contributed by atoms with E-state index >= 15 is 0 Å². The van der Waals surface area contributed by atoms with Crippen molar-refractivity contribution in [1.29, 1.82) is 0 Å². The van der Waals surface area contributed by atoms with Gasteiger partial charge in [-0.05, 0) is 18.2 Å². The van der Waals surface area contributed by atoms with E-state index in [1.807, 2.05) is 24.3 Å². The Labute approximate surface area is 157 Å². The highest BCUT2D eigenvalue weighted by Gasteiger charge is 2.16. The highest BCUT2D eigenvalue weighted by atomic mass is 16.5. The van der Waals surface area contributed by atoms with Gasteiger partial charge >= 0.3 is 0 Å². The number of aromatic hydroxyl groups is 1. The summed E-state index contributed by atoms with van der Waals surface area (Å²) in [6.45, 7) is 0. The van der Waals surface area contributed by atoms with E-state index in [0.29, 0.717) is 22.4 Å². The minimum absolute atomic E-state index is 0.0467. The molecule has 0 saturated heterocycles. The topological polar surface area (TPSA) is 71.2 Å². The molecule has 0 saturated carbocycles. The summed E-state index contributed by atoms with van der Waals surface area (Å²) in [7, 11) is 1.54. The number of rotatable bonds is 6. The van der Waals surface area contributed by atoms with Crippen molar-refractivity contribution in [2.75, 3.05) is 7.11 Å². The second-order valence-electron chi connectivity index (χ2n) is 5.68. The molecule has 0 fully saturated rings. The van der Waals surface area contributed by atoms with Crippen LogP contribution in [0, 0.1) is 0 Å². The molecule has 134 valence electrons. The zero-order valence-corrected chi connectivity index (χ0v) is 14.7. The van der Waals surface area contributed by atoms with Gasteiger partial charge in [-0.3, -0.25) is 4.79 Å². The van der Waals surface area contributed by atoms with E-state index in [1.165, 1.54) is 19.4 Å². The first-order valence-corrected chi connectivity index (χ1v) is 8.32. The van der Waals surface area contributed by atoms with Crippen LogP contribution < -0.4 is 4.74 Å². The summed E-state index contributed by atoms with van der Waals surface area (Å²) in [5.41, 5.74) is 1.86. The Morgan fingerprint density at radius 2 is 1.56 bits per heavy atom. The molecule has 0 bridgehead atoms. The minimum Gasteiger partial charge on any atom is -0.507 e. The SMILES string of the molecule is COc1ccc(O)c(C=NN=C(C(=O)c2ccccc2)c2ccccc2)c1. The lowest BCUT2D eigenvalue weighted by atomic mass is 10.0. The van der Waals surface area contributed by atoms with Gasteiger partial charge in [0.15, 0.2) is 0 Å². The van der Waals surface area contributed by atoms with Gasteiger partial charge in [0.1, 0.15) is 17.2 Å². The molecule has 5 nitrogen and oxygen atoms in total. The summed E-state index contributed by atoms with van der Waals surface area (Å²) < 4.78 is 5.14. The number of nitrogens with zero attached hydrogens (tertiary/aromatic N) is 2. The van der Waals surface area contributed by atoms with Crippen LogP contribution in [0.5, 0.6) is 11.5 Å². The molecule has 0 aliphatic carbocycles. The average molecular weight is 358 g/mol. The van der Waals surface area contributed by atoms with E-state index < -0.39 is 0 Å². The van der Waals surface area contributed by atoms with Crippen molar-refractivity contribution in [3.8, 4) is 11.5 Å². The predicted octanol–water partition coefficient (Wildman–Crippen LogP) is 4.11. The van der Waals surface area contributed by atoms with Crippen LogP contribution in [0.4, 0.5) is 0 Å². The molecule has 3 aromatic rings. The van der Waals surface area contributed by atoms with Crippen molar-refractivity contribution < 1.29 is 14.6 Å². The van der Waals surface area contributed by atoms with Gasteiger partial charge in [-0.15, -0.1) is 5.10 Å². The normalized spacial score (nSPS) is 11.5. The van der Waals surface area contributed by atoms with Crippen LogP contribution in [0.2, 0.25) is 0 Å². The van der Waals surface area contributed by atoms with Crippen molar-refractivity contribution >= 4 is 17.7 Å². The lowest BCUT2D eigenvalue weighted by Crippen LogP contribution is -2.15. The molecule has 0 radical (unpaired) electrons. The first-order chi connectivity index (χ1) is 13.2. The number of phenolic OH excluding ortho intramolecular Hbond substituents is 1. The van der Waals surface area contributed by atoms with Gasteiger partial charge in [0.05, 0.1) is 13.3 Å². The van der Waals surface area contributed by atoms with Crippen molar-refractivity contribution in [3.05, 3.63) is 95.6 Å². The van der Waals surface area contributed by atoms with Gasteiger partial charge in [-0.1, -0.05) is 60.7 Å². The number of hydrogen-bond acceptors (Lipinski definition) is 5. The maximum absolute atomic E-state index is 12.9. The monoisotopic (exact) mass is 358 g/mol. The van der Waals surface area contributed by atoms with Crippen LogP contribution in [-0.4, -0.2) is 29.9 Å². The van der Waals surface area contributed by atoms with Crippen molar-refractivity contribution in [1.82, 2.24) is 0 Å². The van der Waals surface area contributed by atoms with Gasteiger partial charge in [0.2, 0.25) is 5.78 Å². The molecule has 0 unspecified atom stereocenters. The molecule has 5 heteroatoms. The standard InChI is InChI=1S/C22H18N2O3/c1-27-19-12-13-20(25)18(14-19)15-23-24-21(16-8-4-2-5-9-16)22(26)17-10-6-3-7-11-17/h2-15,25H,1H3. The van der Waals surface area contributed by atoms with Gasteiger partial charge in [0, 0.05) is 16.7 Å². The zero-order valence-electron chi connectivity index (χ0n) is 14.7. The van der Waals surface area contributed by atoms with E-state index in [1.54, 1.807) is 48.5 Å². The fraction of sp³-hybridized carbons (Fsp3) is 0.0455. The number of benzene rings is 3. The summed E-state index contributed by atoms with van der Waals surface area (Å²) in [6, 6.07) is 22.8. The maximum atomic E-state index is 12.9. The van der Waals surface area contributed by atoms with Crippen LogP contribution in [0.3, 0.4) is 0 Å². The van der Waals surface area contributed by atoms with Crippen molar-refractivity contribution in [3.63, 3.8) is 0 Å². The van der Waals surface area contributed by atoms with E-state index in [-0.39, 0.29) is 17.2 Å². The fourth-order valence-corrected chi connectivity index (χ4v) is 2.47. The molecule has 3 aromatic carbocycles. The first kappa shape index (κ1) is 18.1. The van der Waals surface area contributed by atoms with E-state index in [9.17, 15) is 9.90 Å². The lowest BCUT2D eigenvalue weighted by molar-refractivity contribution is 0.106. The first-order valence-electron chi connectivity index (χ1n) is 8.32. The summed E-state index contributed by atoms with van der Waals surface area (Å²) in [5, 5.41) is 18.1. The largest absolute Gasteiger partial charge is 0.507 e. The van der Waals surface area contributed by atoms with Crippen LogP contribution in [-0.2, 0) is 0 Å². The van der Waals surface area contributed by atoms with Crippen LogP contribution in [0.1, 0.15) is 21.5 Å². The Morgan fingerprint density at radius 1 is 0.926 bits per heavy atom. The van der Waals surface area contributed by atoms with Gasteiger partial charge < -0.3 is 9.84 Å². The van der Waals surface area contributed by atoms with Crippen LogP contribution in [0.25, 0.3) is 0 Å². The second-order valence-corrected chi connectivity index (χ2v) is 5.68. The third-order valence-corrected chi connectivity index (χ3v) is 3.89. The lowest BCUT2D eigenvalue weighted by Gasteiger charge is -2.05. The van der Waals surface area contributed by atoms with E-state index in [2.05, 4.69) is 10.2 Å². The van der Waals surface area contributed by atoms with Gasteiger partial charge in [-0.2, -0.15) is 5.10 Å². The summed E-state index contributed by atoms with van der Waals surface area (Å²) in [6.07, 6.45) is 1.39. The van der Waals surface area contributed by atoms with Crippen LogP contribution >= 0.6 is 0 Å². The Morgan fingerprint density at radius 3 is 2.19 bits per heavy atom. The Kier molecular flexibility index (Phi) is 5.74. The third kappa shape index (κ3) is 4.46. The number of carbonyl (C=O) groups is 1. The molecular formula is C22H18N2O3. The zero-order chi connectivity index (χ0) is 19.1. The molecule has 0 atom stereocenters. The Bertz CT molecular complexity index is 981. The number of ether oxygens (including phenoxy) is 1. The van der Waals surface area contributed by atoms with Gasteiger partial charge in [0.25, 0.3) is 0 Å². The second kappa shape index (κ2) is 8.58. The summed E-state index contributed by atoms with van der Waals surface area (Å²) in [5.74, 6) is 0.404. The molecule has 0 aliphatic heterocycles. The molecule has 1 N–H and O–H groups in total. The van der Waals surface area contributed by atoms with Crippen molar-refractivity contribution in [2.24, 2.45) is 10.2 Å². The molecule has 0 amide bonds. The van der Waals surface area contributed by atoms with Gasteiger partial charge in [-0.25, -0.2) is 0 Å². The van der Waals surface area contributed by atoms with Crippen LogP contribution in [0.15, 0.2) is 89.1 Å². The quantitative estimate of drug-likeness (QED) is 0.409. The molecule has 0 aromatic heterocycles. The Balaban J connectivity index is 1.97. The highest BCUT2D eigenvalue weighted by Crippen LogP contribution is 2.21. The summed E-state index contributed by atoms with van der Waals surface area (Å²) >= 11 is 0. The van der Waals surface area contributed by atoms with E-state index in [4.69, 9.17) is 4.74 Å². The highest BCUT2D eigenvalue weighted by molar-refractivity contribution is 6.51. The minimum atomic E-state index is -0.228. The molecule has 0 aliphatic rings. The number of methoxy groups -OCH3 is 1. The number of hydrogen-bond donors (Lipinski definition) is 1. The molecule has 27 heavy (non-hydrogen) atoms. The molecule has 3 rings (SSSR count). The molecule has 0 heterocycles. The maximum Gasteiger partial charge on any atom is 0.213 e. The fourth-order valence-electron chi connectivity index (χ4n) is 2.47. The number of Topliss-reactive ketones (excluding diaryl/α,β-unsaturated/α-hetero) is 1. The number of phenols is 1. The Hall–Kier alpha value is -3.73. The number of carbonyl (C=O) groups excluding carboxylic acids is 1. The number of ketones is 1. The average Bonchev–Trinajstić information content (AvgIpc) is 2.73. The van der Waals surface area contributed by atoms with Crippen molar-refractivity contribution in [2.45, 2.75) is 0 Å². The summed E-state index contributed by atoms with van der Waals surface area (Å²) in [4.78, 5) is 12.9. The smallest absolute Gasteiger partial charge is 0.213 e. The van der Waals surface area contributed by atoms with E-state index in [0.717, 1.165) is 0 Å². The molecular weight excluding hydrogens is 340 g/mol.